The highest BCUT2D eigenvalue weighted by atomic mass is 32.1. The lowest BCUT2D eigenvalue weighted by Crippen LogP contribution is -2.15. The number of fused-ring (bicyclic) bond motifs is 1. The summed E-state index contributed by atoms with van der Waals surface area (Å²) in [6.45, 7) is 1.77. The average molecular weight is 384 g/mol. The Morgan fingerprint density at radius 2 is 2.08 bits per heavy atom. The molecule has 3 aromatic rings. The van der Waals surface area contributed by atoms with Crippen molar-refractivity contribution in [3.8, 4) is 5.75 Å². The molecule has 0 aliphatic rings. The van der Waals surface area contributed by atoms with Gasteiger partial charge in [-0.3, -0.25) is 4.79 Å². The second kappa shape index (κ2) is 6.94. The van der Waals surface area contributed by atoms with Crippen LogP contribution < -0.4 is 15.6 Å². The van der Waals surface area contributed by atoms with Crippen molar-refractivity contribution in [2.24, 2.45) is 0 Å². The molecular formula is C16H15F3N4O2S. The first-order valence-corrected chi connectivity index (χ1v) is 8.51. The van der Waals surface area contributed by atoms with Crippen molar-refractivity contribution in [3.63, 3.8) is 0 Å². The topological polar surface area (TPSA) is 68.5 Å². The Balaban J connectivity index is 1.88. The van der Waals surface area contributed by atoms with Gasteiger partial charge in [-0.1, -0.05) is 24.3 Å². The number of methoxy groups -OCH3 is 1. The molecule has 0 spiro atoms. The number of hydrogen-bond donors (Lipinski definition) is 1. The van der Waals surface area contributed by atoms with Gasteiger partial charge in [0.05, 0.1) is 12.7 Å². The van der Waals surface area contributed by atoms with E-state index in [1.165, 1.54) is 25.3 Å². The van der Waals surface area contributed by atoms with Crippen molar-refractivity contribution >= 4 is 21.4 Å². The van der Waals surface area contributed by atoms with E-state index in [0.29, 0.717) is 22.2 Å². The van der Waals surface area contributed by atoms with Gasteiger partial charge in [0.25, 0.3) is 5.56 Å². The third-order valence-corrected chi connectivity index (χ3v) is 4.58. The van der Waals surface area contributed by atoms with Crippen molar-refractivity contribution in [3.05, 3.63) is 51.4 Å². The minimum atomic E-state index is -4.51. The van der Waals surface area contributed by atoms with E-state index in [0.717, 1.165) is 21.9 Å². The van der Waals surface area contributed by atoms with Gasteiger partial charge in [0.15, 0.2) is 0 Å². The highest BCUT2D eigenvalue weighted by molar-refractivity contribution is 7.20. The predicted octanol–water partition coefficient (Wildman–Crippen LogP) is 3.35. The molecule has 138 valence electrons. The van der Waals surface area contributed by atoms with Gasteiger partial charge in [0, 0.05) is 18.3 Å². The Morgan fingerprint density at radius 1 is 1.31 bits per heavy atom. The molecule has 6 nitrogen and oxygen atoms in total. The van der Waals surface area contributed by atoms with Crippen LogP contribution in [0.25, 0.3) is 4.96 Å². The number of nitrogens with one attached hydrogen (secondary N) is 1. The molecule has 0 aliphatic carbocycles. The number of alkyl halides is 3. The quantitative estimate of drug-likeness (QED) is 0.731. The van der Waals surface area contributed by atoms with E-state index in [1.807, 2.05) is 6.92 Å². The van der Waals surface area contributed by atoms with Crippen molar-refractivity contribution in [2.75, 3.05) is 12.4 Å². The number of aryl methyl sites for hydroxylation is 1. The van der Waals surface area contributed by atoms with Crippen LogP contribution in [0.4, 0.5) is 18.3 Å². The van der Waals surface area contributed by atoms with Crippen LogP contribution in [0.5, 0.6) is 5.75 Å². The SMILES string of the molecule is CCc1cc(=O)n2nc(NCc3ccc(OC)cc3C(F)(F)F)sc2n1. The zero-order valence-corrected chi connectivity index (χ0v) is 14.7. The summed E-state index contributed by atoms with van der Waals surface area (Å²) in [5.41, 5.74) is -0.419. The van der Waals surface area contributed by atoms with Crippen molar-refractivity contribution in [1.29, 1.82) is 0 Å². The number of anilines is 1. The fraction of sp³-hybridized carbons (Fsp3) is 0.312. The normalized spacial score (nSPS) is 11.7. The summed E-state index contributed by atoms with van der Waals surface area (Å²) in [6, 6.07) is 5.16. The van der Waals surface area contributed by atoms with Crippen LogP contribution in [0, 0.1) is 0 Å². The average Bonchev–Trinajstić information content (AvgIpc) is 3.02. The molecule has 0 atom stereocenters. The molecule has 0 radical (unpaired) electrons. The summed E-state index contributed by atoms with van der Waals surface area (Å²) < 4.78 is 45.7. The summed E-state index contributed by atoms with van der Waals surface area (Å²) in [5, 5.41) is 7.22. The summed E-state index contributed by atoms with van der Waals surface area (Å²) in [5.74, 6) is 0.129. The number of ether oxygens (including phenoxy) is 1. The van der Waals surface area contributed by atoms with E-state index in [-0.39, 0.29) is 23.4 Å². The number of nitrogens with zero attached hydrogens (tertiary/aromatic N) is 3. The zero-order valence-electron chi connectivity index (χ0n) is 13.9. The minimum Gasteiger partial charge on any atom is -0.497 e. The predicted molar refractivity (Wildman–Crippen MR) is 91.8 cm³/mol. The maximum atomic E-state index is 13.2. The highest BCUT2D eigenvalue weighted by Gasteiger charge is 2.33. The van der Waals surface area contributed by atoms with Crippen LogP contribution in [0.3, 0.4) is 0 Å². The van der Waals surface area contributed by atoms with Gasteiger partial charge in [0.2, 0.25) is 10.1 Å². The Labute approximate surface area is 150 Å². The summed E-state index contributed by atoms with van der Waals surface area (Å²) in [6.07, 6.45) is -3.90. The summed E-state index contributed by atoms with van der Waals surface area (Å²) in [7, 11) is 1.31. The Morgan fingerprint density at radius 3 is 2.73 bits per heavy atom. The Hall–Kier alpha value is -2.62. The molecule has 0 unspecified atom stereocenters. The van der Waals surface area contributed by atoms with Crippen molar-refractivity contribution in [1.82, 2.24) is 14.6 Å². The van der Waals surface area contributed by atoms with Gasteiger partial charge >= 0.3 is 6.18 Å². The van der Waals surface area contributed by atoms with Crippen molar-refractivity contribution < 1.29 is 17.9 Å². The number of benzene rings is 1. The maximum Gasteiger partial charge on any atom is 0.416 e. The van der Waals surface area contributed by atoms with Gasteiger partial charge in [-0.2, -0.15) is 17.7 Å². The number of rotatable bonds is 5. The van der Waals surface area contributed by atoms with E-state index in [2.05, 4.69) is 15.4 Å². The molecule has 10 heteroatoms. The van der Waals surface area contributed by atoms with E-state index in [4.69, 9.17) is 4.74 Å². The molecule has 1 aromatic carbocycles. The third kappa shape index (κ3) is 3.64. The Bertz CT molecular complexity index is 997. The Kier molecular flexibility index (Phi) is 4.86. The van der Waals surface area contributed by atoms with Gasteiger partial charge in [0.1, 0.15) is 5.75 Å². The first kappa shape index (κ1) is 18.2. The molecule has 0 saturated heterocycles. The maximum absolute atomic E-state index is 13.2. The van der Waals surface area contributed by atoms with Crippen LogP contribution in [-0.2, 0) is 19.1 Å². The first-order chi connectivity index (χ1) is 12.3. The largest absolute Gasteiger partial charge is 0.497 e. The second-order valence-corrected chi connectivity index (χ2v) is 6.37. The van der Waals surface area contributed by atoms with E-state index in [1.54, 1.807) is 0 Å². The van der Waals surface area contributed by atoms with Crippen LogP contribution in [0.2, 0.25) is 0 Å². The standard InChI is InChI=1S/C16H15F3N4O2S/c1-3-10-6-13(24)23-15(21-10)26-14(22-23)20-8-9-4-5-11(25-2)7-12(9)16(17,18)19/h4-7H,3,8H2,1-2H3,(H,20,22). The number of aromatic nitrogens is 3. The smallest absolute Gasteiger partial charge is 0.416 e. The fourth-order valence-corrected chi connectivity index (χ4v) is 3.20. The molecule has 0 aliphatic heterocycles. The molecule has 26 heavy (non-hydrogen) atoms. The molecular weight excluding hydrogens is 369 g/mol. The monoisotopic (exact) mass is 384 g/mol. The van der Waals surface area contributed by atoms with Gasteiger partial charge < -0.3 is 10.1 Å². The molecule has 0 amide bonds. The highest BCUT2D eigenvalue weighted by Crippen LogP contribution is 2.34. The molecule has 2 heterocycles. The third-order valence-electron chi connectivity index (χ3n) is 3.71. The molecule has 3 rings (SSSR count). The van der Waals surface area contributed by atoms with E-state index >= 15 is 0 Å². The summed E-state index contributed by atoms with van der Waals surface area (Å²) >= 11 is 1.10. The molecule has 0 fully saturated rings. The van der Waals surface area contributed by atoms with Crippen LogP contribution >= 0.6 is 11.3 Å². The summed E-state index contributed by atoms with van der Waals surface area (Å²) in [4.78, 5) is 16.7. The second-order valence-electron chi connectivity index (χ2n) is 5.42. The first-order valence-electron chi connectivity index (χ1n) is 7.69. The minimum absolute atomic E-state index is 0.0482. The van der Waals surface area contributed by atoms with Gasteiger partial charge in [-0.05, 0) is 24.1 Å². The lowest BCUT2D eigenvalue weighted by molar-refractivity contribution is -0.138. The number of hydrogen-bond acceptors (Lipinski definition) is 6. The molecule has 0 saturated carbocycles. The lowest BCUT2D eigenvalue weighted by Gasteiger charge is -2.14. The lowest BCUT2D eigenvalue weighted by atomic mass is 10.1. The van der Waals surface area contributed by atoms with Crippen LogP contribution in [0.15, 0.2) is 29.1 Å². The van der Waals surface area contributed by atoms with Crippen LogP contribution in [0.1, 0.15) is 23.7 Å². The van der Waals surface area contributed by atoms with Crippen molar-refractivity contribution in [2.45, 2.75) is 26.1 Å². The van der Waals surface area contributed by atoms with Crippen LogP contribution in [-0.4, -0.2) is 21.7 Å². The zero-order chi connectivity index (χ0) is 18.9. The molecule has 1 N–H and O–H groups in total. The molecule has 0 bridgehead atoms. The van der Waals surface area contributed by atoms with E-state index < -0.39 is 11.7 Å². The number of halogens is 3. The van der Waals surface area contributed by atoms with E-state index in [9.17, 15) is 18.0 Å². The molecule has 2 aromatic heterocycles. The fourth-order valence-electron chi connectivity index (χ4n) is 2.38. The van der Waals surface area contributed by atoms with Gasteiger partial charge in [-0.25, -0.2) is 4.98 Å². The van der Waals surface area contributed by atoms with Gasteiger partial charge in [-0.15, -0.1) is 5.10 Å².